The van der Waals surface area contributed by atoms with Crippen LogP contribution in [-0.2, 0) is 9.53 Å². The standard InChI is InChI=1S/C14H15NO5/c1-2-5-15-13(16)9-20-14(17)10-3-4-11-12(8-10)19-7-6-18-11/h2-4,8H,1,5-7,9H2,(H,15,16). The molecule has 0 saturated carbocycles. The molecule has 2 rings (SSSR count). The summed E-state index contributed by atoms with van der Waals surface area (Å²) in [5.74, 6) is 0.129. The van der Waals surface area contributed by atoms with Gasteiger partial charge in [-0.25, -0.2) is 4.79 Å². The molecular weight excluding hydrogens is 262 g/mol. The molecule has 1 N–H and O–H groups in total. The molecule has 0 saturated heterocycles. The Labute approximate surface area is 116 Å². The number of amides is 1. The van der Waals surface area contributed by atoms with E-state index >= 15 is 0 Å². The van der Waals surface area contributed by atoms with Crippen molar-refractivity contribution in [2.75, 3.05) is 26.4 Å². The summed E-state index contributed by atoms with van der Waals surface area (Å²) in [4.78, 5) is 23.1. The molecule has 0 bridgehead atoms. The van der Waals surface area contributed by atoms with Crippen molar-refractivity contribution in [3.8, 4) is 11.5 Å². The number of hydrogen-bond donors (Lipinski definition) is 1. The van der Waals surface area contributed by atoms with E-state index in [0.29, 0.717) is 36.8 Å². The lowest BCUT2D eigenvalue weighted by Gasteiger charge is -2.18. The molecule has 0 aliphatic carbocycles. The predicted octanol–water partition coefficient (Wildman–Crippen LogP) is 0.917. The lowest BCUT2D eigenvalue weighted by molar-refractivity contribution is -0.124. The highest BCUT2D eigenvalue weighted by atomic mass is 16.6. The lowest BCUT2D eigenvalue weighted by Crippen LogP contribution is -2.28. The molecule has 106 valence electrons. The summed E-state index contributed by atoms with van der Waals surface area (Å²) in [6.07, 6.45) is 1.54. The first kappa shape index (κ1) is 13.9. The third kappa shape index (κ3) is 3.50. The van der Waals surface area contributed by atoms with Crippen LogP contribution in [0, 0.1) is 0 Å². The van der Waals surface area contributed by atoms with Gasteiger partial charge in [0.15, 0.2) is 18.1 Å². The Morgan fingerprint density at radius 2 is 2.05 bits per heavy atom. The van der Waals surface area contributed by atoms with Gasteiger partial charge in [0, 0.05) is 6.54 Å². The van der Waals surface area contributed by atoms with E-state index < -0.39 is 5.97 Å². The van der Waals surface area contributed by atoms with Crippen molar-refractivity contribution >= 4 is 11.9 Å². The van der Waals surface area contributed by atoms with E-state index in [1.54, 1.807) is 24.3 Å². The zero-order valence-corrected chi connectivity index (χ0v) is 10.9. The summed E-state index contributed by atoms with van der Waals surface area (Å²) >= 11 is 0. The molecule has 1 amide bonds. The quantitative estimate of drug-likeness (QED) is 0.640. The number of nitrogens with one attached hydrogen (secondary N) is 1. The minimum Gasteiger partial charge on any atom is -0.486 e. The predicted molar refractivity (Wildman–Crippen MR) is 70.9 cm³/mol. The molecule has 1 aromatic rings. The van der Waals surface area contributed by atoms with E-state index in [9.17, 15) is 9.59 Å². The van der Waals surface area contributed by atoms with E-state index in [1.165, 1.54) is 0 Å². The van der Waals surface area contributed by atoms with Gasteiger partial charge in [-0.3, -0.25) is 4.79 Å². The SMILES string of the molecule is C=CCNC(=O)COC(=O)c1ccc2c(c1)OCCO2. The molecular formula is C14H15NO5. The molecule has 1 aliphatic heterocycles. The van der Waals surface area contributed by atoms with Crippen LogP contribution in [0.5, 0.6) is 11.5 Å². The van der Waals surface area contributed by atoms with E-state index in [2.05, 4.69) is 11.9 Å². The molecule has 0 radical (unpaired) electrons. The highest BCUT2D eigenvalue weighted by Gasteiger charge is 2.16. The van der Waals surface area contributed by atoms with Crippen LogP contribution in [0.2, 0.25) is 0 Å². The number of esters is 1. The Morgan fingerprint density at radius 1 is 1.30 bits per heavy atom. The van der Waals surface area contributed by atoms with Gasteiger partial charge in [0.1, 0.15) is 13.2 Å². The Kier molecular flexibility index (Phi) is 4.60. The summed E-state index contributed by atoms with van der Waals surface area (Å²) in [6, 6.07) is 4.75. The number of ether oxygens (including phenoxy) is 3. The average Bonchev–Trinajstić information content (AvgIpc) is 2.50. The molecule has 0 fully saturated rings. The van der Waals surface area contributed by atoms with Crippen LogP contribution in [0.3, 0.4) is 0 Å². The topological polar surface area (TPSA) is 73.9 Å². The monoisotopic (exact) mass is 277 g/mol. The second-order valence-corrected chi connectivity index (χ2v) is 4.03. The molecule has 0 atom stereocenters. The average molecular weight is 277 g/mol. The summed E-state index contributed by atoms with van der Waals surface area (Å²) < 4.78 is 15.6. The van der Waals surface area contributed by atoms with Crippen LogP contribution >= 0.6 is 0 Å². The number of benzene rings is 1. The van der Waals surface area contributed by atoms with Crippen molar-refractivity contribution < 1.29 is 23.8 Å². The Morgan fingerprint density at radius 3 is 2.80 bits per heavy atom. The largest absolute Gasteiger partial charge is 0.486 e. The van der Waals surface area contributed by atoms with Crippen molar-refractivity contribution in [2.24, 2.45) is 0 Å². The maximum atomic E-state index is 11.8. The van der Waals surface area contributed by atoms with E-state index in [1.807, 2.05) is 0 Å². The summed E-state index contributed by atoms with van der Waals surface area (Å²) in [7, 11) is 0. The van der Waals surface area contributed by atoms with E-state index in [4.69, 9.17) is 14.2 Å². The summed E-state index contributed by atoms with van der Waals surface area (Å²) in [5.41, 5.74) is 0.311. The zero-order chi connectivity index (χ0) is 14.4. The molecule has 6 nitrogen and oxygen atoms in total. The molecule has 6 heteroatoms. The molecule has 0 spiro atoms. The fourth-order valence-corrected chi connectivity index (χ4v) is 1.62. The number of carbonyl (C=O) groups excluding carboxylic acids is 2. The van der Waals surface area contributed by atoms with Gasteiger partial charge in [-0.05, 0) is 18.2 Å². The normalized spacial score (nSPS) is 12.4. The van der Waals surface area contributed by atoms with Crippen molar-refractivity contribution in [3.63, 3.8) is 0 Å². The van der Waals surface area contributed by atoms with Crippen LogP contribution in [0.1, 0.15) is 10.4 Å². The van der Waals surface area contributed by atoms with Crippen molar-refractivity contribution in [1.82, 2.24) is 5.32 Å². The molecule has 0 aromatic heterocycles. The first-order chi connectivity index (χ1) is 9.70. The summed E-state index contributed by atoms with van der Waals surface area (Å²) in [5, 5.41) is 2.51. The Hall–Kier alpha value is -2.50. The van der Waals surface area contributed by atoms with Crippen LogP contribution in [0.4, 0.5) is 0 Å². The third-order valence-electron chi connectivity index (χ3n) is 2.56. The molecule has 0 unspecified atom stereocenters. The molecule has 1 aromatic carbocycles. The highest BCUT2D eigenvalue weighted by molar-refractivity contribution is 5.92. The van der Waals surface area contributed by atoms with Crippen LogP contribution < -0.4 is 14.8 Å². The number of carbonyl (C=O) groups is 2. The maximum absolute atomic E-state index is 11.8. The van der Waals surface area contributed by atoms with Crippen LogP contribution in [0.15, 0.2) is 30.9 Å². The Balaban J connectivity index is 1.92. The summed E-state index contributed by atoms with van der Waals surface area (Å²) in [6.45, 7) is 4.40. The fourth-order valence-electron chi connectivity index (χ4n) is 1.62. The smallest absolute Gasteiger partial charge is 0.338 e. The van der Waals surface area contributed by atoms with Gasteiger partial charge >= 0.3 is 5.97 Å². The van der Waals surface area contributed by atoms with Gasteiger partial charge in [-0.2, -0.15) is 0 Å². The minimum atomic E-state index is -0.587. The van der Waals surface area contributed by atoms with Crippen molar-refractivity contribution in [2.45, 2.75) is 0 Å². The van der Waals surface area contributed by atoms with Crippen molar-refractivity contribution in [1.29, 1.82) is 0 Å². The minimum absolute atomic E-state index is 0.311. The van der Waals surface area contributed by atoms with Crippen LogP contribution in [-0.4, -0.2) is 38.2 Å². The van der Waals surface area contributed by atoms with Crippen LogP contribution in [0.25, 0.3) is 0 Å². The first-order valence-electron chi connectivity index (χ1n) is 6.15. The van der Waals surface area contributed by atoms with Gasteiger partial charge in [-0.15, -0.1) is 6.58 Å². The molecule has 1 aliphatic rings. The zero-order valence-electron chi connectivity index (χ0n) is 10.9. The molecule has 20 heavy (non-hydrogen) atoms. The lowest BCUT2D eigenvalue weighted by atomic mass is 10.2. The highest BCUT2D eigenvalue weighted by Crippen LogP contribution is 2.30. The maximum Gasteiger partial charge on any atom is 0.338 e. The number of fused-ring (bicyclic) bond motifs is 1. The van der Waals surface area contributed by atoms with Gasteiger partial charge in [-0.1, -0.05) is 6.08 Å². The van der Waals surface area contributed by atoms with E-state index in [-0.39, 0.29) is 12.5 Å². The second-order valence-electron chi connectivity index (χ2n) is 4.03. The second kappa shape index (κ2) is 6.60. The number of hydrogen-bond acceptors (Lipinski definition) is 5. The van der Waals surface area contributed by atoms with Crippen molar-refractivity contribution in [3.05, 3.63) is 36.4 Å². The van der Waals surface area contributed by atoms with Gasteiger partial charge < -0.3 is 19.5 Å². The van der Waals surface area contributed by atoms with Gasteiger partial charge in [0.25, 0.3) is 5.91 Å². The Bertz CT molecular complexity index is 526. The van der Waals surface area contributed by atoms with Gasteiger partial charge in [0.05, 0.1) is 5.56 Å². The number of rotatable bonds is 5. The molecule has 1 heterocycles. The third-order valence-corrected chi connectivity index (χ3v) is 2.56. The van der Waals surface area contributed by atoms with E-state index in [0.717, 1.165) is 0 Å². The van der Waals surface area contributed by atoms with Gasteiger partial charge in [0.2, 0.25) is 0 Å². The first-order valence-corrected chi connectivity index (χ1v) is 6.15. The fraction of sp³-hybridized carbons (Fsp3) is 0.286.